The van der Waals surface area contributed by atoms with Gasteiger partial charge < -0.3 is 19.9 Å². The van der Waals surface area contributed by atoms with Crippen molar-refractivity contribution in [2.24, 2.45) is 0 Å². The molecule has 1 aromatic carbocycles. The van der Waals surface area contributed by atoms with E-state index in [2.05, 4.69) is 24.9 Å². The summed E-state index contributed by atoms with van der Waals surface area (Å²) in [5.41, 5.74) is 1.32. The van der Waals surface area contributed by atoms with Crippen LogP contribution in [0.25, 0.3) is 0 Å². The van der Waals surface area contributed by atoms with E-state index in [1.807, 2.05) is 19.1 Å². The van der Waals surface area contributed by atoms with Crippen molar-refractivity contribution in [2.45, 2.75) is 32.4 Å². The maximum atomic E-state index is 11.4. The lowest BCUT2D eigenvalue weighted by molar-refractivity contribution is 0.0593. The smallest absolute Gasteiger partial charge is 0.358 e. The highest BCUT2D eigenvalue weighted by Crippen LogP contribution is 2.28. The number of esters is 1. The minimum atomic E-state index is -0.492. The van der Waals surface area contributed by atoms with E-state index in [1.54, 1.807) is 12.3 Å². The second-order valence-electron chi connectivity index (χ2n) is 6.71. The van der Waals surface area contributed by atoms with Crippen LogP contribution in [-0.4, -0.2) is 58.8 Å². The van der Waals surface area contributed by atoms with Crippen LogP contribution in [0.4, 0.5) is 5.82 Å². The minimum Gasteiger partial charge on any atom is -0.504 e. The topological polar surface area (TPSA) is 96.8 Å². The molecule has 2 N–H and O–H groups in total. The Bertz CT molecular complexity index is 789. The standard InChI is InChI=1S/C20H26N4O4/c1-3-28-18-10-14(4-5-17(18)25)13-24-8-6-15(7-9-24)23-19-12-21-16(11-22-19)20(26)27-2/h4-5,10-12,15,25H,3,6-9,13H2,1-2H3,(H,22,23). The number of aromatic hydroxyl groups is 1. The van der Waals surface area contributed by atoms with Crippen molar-refractivity contribution in [1.82, 2.24) is 14.9 Å². The fourth-order valence-corrected chi connectivity index (χ4v) is 3.24. The molecule has 1 aromatic heterocycles. The molecule has 3 rings (SSSR count). The Morgan fingerprint density at radius 1 is 1.29 bits per heavy atom. The van der Waals surface area contributed by atoms with Crippen molar-refractivity contribution in [1.29, 1.82) is 0 Å². The number of ether oxygens (including phenoxy) is 2. The van der Waals surface area contributed by atoms with Gasteiger partial charge in [-0.1, -0.05) is 6.07 Å². The van der Waals surface area contributed by atoms with Gasteiger partial charge in [0.2, 0.25) is 0 Å². The molecule has 0 spiro atoms. The summed E-state index contributed by atoms with van der Waals surface area (Å²) in [4.78, 5) is 22.1. The van der Waals surface area contributed by atoms with Gasteiger partial charge in [0.05, 0.1) is 26.1 Å². The van der Waals surface area contributed by atoms with E-state index in [-0.39, 0.29) is 11.4 Å². The fraction of sp³-hybridized carbons (Fsp3) is 0.450. The van der Waals surface area contributed by atoms with Crippen LogP contribution in [0.15, 0.2) is 30.6 Å². The van der Waals surface area contributed by atoms with E-state index >= 15 is 0 Å². The predicted molar refractivity (Wildman–Crippen MR) is 105 cm³/mol. The van der Waals surface area contributed by atoms with E-state index in [0.717, 1.165) is 38.0 Å². The first-order chi connectivity index (χ1) is 13.6. The molecule has 0 radical (unpaired) electrons. The van der Waals surface area contributed by atoms with Crippen LogP contribution in [0, 0.1) is 0 Å². The first kappa shape index (κ1) is 19.9. The van der Waals surface area contributed by atoms with E-state index in [1.165, 1.54) is 13.3 Å². The summed E-state index contributed by atoms with van der Waals surface area (Å²) in [5.74, 6) is 0.874. The van der Waals surface area contributed by atoms with Crippen LogP contribution in [0.1, 0.15) is 35.8 Å². The largest absolute Gasteiger partial charge is 0.504 e. The molecule has 0 amide bonds. The normalized spacial score (nSPS) is 15.2. The van der Waals surface area contributed by atoms with Crippen LogP contribution >= 0.6 is 0 Å². The summed E-state index contributed by atoms with van der Waals surface area (Å²) in [6.45, 7) is 5.15. The van der Waals surface area contributed by atoms with E-state index in [4.69, 9.17) is 4.74 Å². The van der Waals surface area contributed by atoms with Gasteiger partial charge in [-0.2, -0.15) is 0 Å². The molecule has 8 nitrogen and oxygen atoms in total. The molecular formula is C20H26N4O4. The molecular weight excluding hydrogens is 360 g/mol. The molecule has 1 aliphatic heterocycles. The highest BCUT2D eigenvalue weighted by molar-refractivity contribution is 5.86. The molecule has 1 fully saturated rings. The maximum absolute atomic E-state index is 11.4. The fourth-order valence-electron chi connectivity index (χ4n) is 3.24. The molecule has 1 aliphatic rings. The van der Waals surface area contributed by atoms with Gasteiger partial charge in [-0.3, -0.25) is 4.90 Å². The zero-order chi connectivity index (χ0) is 19.9. The summed E-state index contributed by atoms with van der Waals surface area (Å²) < 4.78 is 10.1. The van der Waals surface area contributed by atoms with Gasteiger partial charge in [0, 0.05) is 25.7 Å². The molecule has 2 aromatic rings. The summed E-state index contributed by atoms with van der Waals surface area (Å²) >= 11 is 0. The average molecular weight is 386 g/mol. The molecule has 28 heavy (non-hydrogen) atoms. The van der Waals surface area contributed by atoms with Crippen LogP contribution in [0.3, 0.4) is 0 Å². The van der Waals surface area contributed by atoms with Crippen molar-refractivity contribution >= 4 is 11.8 Å². The van der Waals surface area contributed by atoms with Crippen molar-refractivity contribution in [3.63, 3.8) is 0 Å². The number of hydrogen-bond acceptors (Lipinski definition) is 8. The lowest BCUT2D eigenvalue weighted by atomic mass is 10.0. The Labute approximate surface area is 164 Å². The van der Waals surface area contributed by atoms with Crippen LogP contribution < -0.4 is 10.1 Å². The van der Waals surface area contributed by atoms with Crippen LogP contribution in [0.2, 0.25) is 0 Å². The number of phenols is 1. The number of likely N-dealkylation sites (tertiary alicyclic amines) is 1. The molecule has 0 atom stereocenters. The van der Waals surface area contributed by atoms with Gasteiger partial charge in [-0.15, -0.1) is 0 Å². The van der Waals surface area contributed by atoms with Gasteiger partial charge in [-0.25, -0.2) is 14.8 Å². The predicted octanol–water partition coefficient (Wildman–Crippen LogP) is 2.44. The molecule has 150 valence electrons. The zero-order valence-corrected chi connectivity index (χ0v) is 16.2. The third-order valence-electron chi connectivity index (χ3n) is 4.72. The summed E-state index contributed by atoms with van der Waals surface area (Å²) in [5, 5.41) is 13.2. The molecule has 1 saturated heterocycles. The van der Waals surface area contributed by atoms with Gasteiger partial charge in [0.15, 0.2) is 17.2 Å². The molecule has 8 heteroatoms. The molecule has 0 aliphatic carbocycles. The number of rotatable bonds is 7. The zero-order valence-electron chi connectivity index (χ0n) is 16.2. The van der Waals surface area contributed by atoms with E-state index in [0.29, 0.717) is 24.2 Å². The van der Waals surface area contributed by atoms with Crippen molar-refractivity contribution in [2.75, 3.05) is 32.1 Å². The molecule has 0 bridgehead atoms. The summed E-state index contributed by atoms with van der Waals surface area (Å²) in [6, 6.07) is 5.83. The number of benzene rings is 1. The minimum absolute atomic E-state index is 0.174. The average Bonchev–Trinajstić information content (AvgIpc) is 2.72. The Hall–Kier alpha value is -2.87. The monoisotopic (exact) mass is 386 g/mol. The third-order valence-corrected chi connectivity index (χ3v) is 4.72. The van der Waals surface area contributed by atoms with Gasteiger partial charge in [-0.05, 0) is 37.5 Å². The summed E-state index contributed by atoms with van der Waals surface area (Å²) in [6.07, 6.45) is 4.95. The second kappa shape index (κ2) is 9.36. The first-order valence-corrected chi connectivity index (χ1v) is 9.43. The van der Waals surface area contributed by atoms with Crippen molar-refractivity contribution in [3.05, 3.63) is 41.9 Å². The van der Waals surface area contributed by atoms with Crippen LogP contribution in [-0.2, 0) is 11.3 Å². The number of methoxy groups -OCH3 is 1. The number of hydrogen-bond donors (Lipinski definition) is 2. The quantitative estimate of drug-likeness (QED) is 0.701. The second-order valence-corrected chi connectivity index (χ2v) is 6.71. The highest BCUT2D eigenvalue weighted by Gasteiger charge is 2.20. The van der Waals surface area contributed by atoms with Crippen molar-refractivity contribution in [3.8, 4) is 11.5 Å². The number of piperidine rings is 1. The number of nitrogens with one attached hydrogen (secondary N) is 1. The number of phenolic OH excluding ortho intramolecular Hbond substituents is 1. The van der Waals surface area contributed by atoms with E-state index in [9.17, 15) is 9.90 Å². The summed E-state index contributed by atoms with van der Waals surface area (Å²) in [7, 11) is 1.32. The lowest BCUT2D eigenvalue weighted by Gasteiger charge is -2.32. The maximum Gasteiger partial charge on any atom is 0.358 e. The van der Waals surface area contributed by atoms with Gasteiger partial charge in [0.25, 0.3) is 0 Å². The number of carbonyl (C=O) groups is 1. The van der Waals surface area contributed by atoms with Crippen LogP contribution in [0.5, 0.6) is 11.5 Å². The Balaban J connectivity index is 1.49. The molecule has 0 saturated carbocycles. The SMILES string of the molecule is CCOc1cc(CN2CCC(Nc3cnc(C(=O)OC)cn3)CC2)ccc1O. The first-order valence-electron chi connectivity index (χ1n) is 9.43. The number of anilines is 1. The highest BCUT2D eigenvalue weighted by atomic mass is 16.5. The van der Waals surface area contributed by atoms with Gasteiger partial charge >= 0.3 is 5.97 Å². The molecule has 2 heterocycles. The van der Waals surface area contributed by atoms with Gasteiger partial charge in [0.1, 0.15) is 5.82 Å². The Kier molecular flexibility index (Phi) is 6.65. The number of carbonyl (C=O) groups excluding carboxylic acids is 1. The van der Waals surface area contributed by atoms with Crippen molar-refractivity contribution < 1.29 is 19.4 Å². The van der Waals surface area contributed by atoms with E-state index < -0.39 is 5.97 Å². The molecule has 0 unspecified atom stereocenters. The number of aromatic nitrogens is 2. The third kappa shape index (κ3) is 5.10. The Morgan fingerprint density at radius 2 is 2.07 bits per heavy atom. The number of nitrogens with zero attached hydrogens (tertiary/aromatic N) is 3. The Morgan fingerprint density at radius 3 is 2.71 bits per heavy atom. The lowest BCUT2D eigenvalue weighted by Crippen LogP contribution is -2.38.